The first-order valence-electron chi connectivity index (χ1n) is 3.25. The minimum Gasteiger partial charge on any atom is -0.463 e. The zero-order chi connectivity index (χ0) is 8.85. The van der Waals surface area contributed by atoms with Crippen LogP contribution in [-0.2, 0) is 9.53 Å². The molecule has 0 rings (SSSR count). The van der Waals surface area contributed by atoms with Gasteiger partial charge in [-0.05, 0) is 13.8 Å². The first-order chi connectivity index (χ1) is 5.07. The summed E-state index contributed by atoms with van der Waals surface area (Å²) in [5.74, 6) is -0.314. The fraction of sp³-hybridized carbons (Fsp3) is 0.571. The number of alkyl halides is 1. The van der Waals surface area contributed by atoms with E-state index in [4.69, 9.17) is 4.74 Å². The van der Waals surface area contributed by atoms with Crippen LogP contribution in [0.5, 0.6) is 0 Å². The van der Waals surface area contributed by atoms with Crippen LogP contribution in [0, 0.1) is 0 Å². The van der Waals surface area contributed by atoms with Crippen molar-refractivity contribution < 1.29 is 9.53 Å². The van der Waals surface area contributed by atoms with E-state index in [0.29, 0.717) is 6.61 Å². The van der Waals surface area contributed by atoms with Crippen molar-refractivity contribution in [3.63, 3.8) is 0 Å². The Morgan fingerprint density at radius 2 is 2.27 bits per heavy atom. The number of halogens is 2. The number of rotatable bonds is 3. The maximum absolute atomic E-state index is 10.8. The molecule has 0 aromatic carbocycles. The fourth-order valence-electron chi connectivity index (χ4n) is 0.411. The molecule has 0 heterocycles. The lowest BCUT2D eigenvalue weighted by Gasteiger charge is -2.00. The van der Waals surface area contributed by atoms with Gasteiger partial charge in [0.2, 0.25) is 0 Å². The molecular formula is C7H10Br2O2. The zero-order valence-electron chi connectivity index (χ0n) is 6.43. The maximum atomic E-state index is 10.8. The van der Waals surface area contributed by atoms with Crippen molar-refractivity contribution in [3.8, 4) is 0 Å². The Morgan fingerprint density at radius 3 is 2.64 bits per heavy atom. The second-order valence-electron chi connectivity index (χ2n) is 1.90. The van der Waals surface area contributed by atoms with E-state index in [1.54, 1.807) is 6.92 Å². The SMILES string of the molecule is CCOC(=O)C=C(Br)C(C)Br. The Kier molecular flexibility index (Phi) is 5.86. The summed E-state index contributed by atoms with van der Waals surface area (Å²) in [7, 11) is 0. The number of hydrogen-bond donors (Lipinski definition) is 0. The summed E-state index contributed by atoms with van der Waals surface area (Å²) in [5, 5.41) is 0. The molecule has 0 radical (unpaired) electrons. The molecule has 0 amide bonds. The van der Waals surface area contributed by atoms with E-state index in [9.17, 15) is 4.79 Å². The van der Waals surface area contributed by atoms with Gasteiger partial charge in [0.15, 0.2) is 0 Å². The second-order valence-corrected chi connectivity index (χ2v) is 4.19. The minimum absolute atomic E-state index is 0.145. The zero-order valence-corrected chi connectivity index (χ0v) is 9.61. The van der Waals surface area contributed by atoms with Gasteiger partial charge in [0.25, 0.3) is 0 Å². The Labute approximate surface area is 83.2 Å². The third-order valence-electron chi connectivity index (χ3n) is 0.922. The van der Waals surface area contributed by atoms with Gasteiger partial charge >= 0.3 is 5.97 Å². The van der Waals surface area contributed by atoms with Gasteiger partial charge in [0, 0.05) is 15.4 Å². The van der Waals surface area contributed by atoms with E-state index in [1.165, 1.54) is 6.08 Å². The van der Waals surface area contributed by atoms with E-state index in [1.807, 2.05) is 6.92 Å². The predicted molar refractivity (Wildman–Crippen MR) is 52.0 cm³/mol. The van der Waals surface area contributed by atoms with E-state index < -0.39 is 0 Å². The number of hydrogen-bond acceptors (Lipinski definition) is 2. The molecule has 0 aromatic rings. The van der Waals surface area contributed by atoms with Gasteiger partial charge in [-0.3, -0.25) is 0 Å². The summed E-state index contributed by atoms with van der Waals surface area (Å²) in [5.41, 5.74) is 0. The van der Waals surface area contributed by atoms with E-state index >= 15 is 0 Å². The molecule has 0 aliphatic heterocycles. The molecule has 0 bridgehead atoms. The van der Waals surface area contributed by atoms with Gasteiger partial charge in [-0.2, -0.15) is 0 Å². The molecule has 0 saturated heterocycles. The highest BCUT2D eigenvalue weighted by atomic mass is 79.9. The molecule has 0 saturated carbocycles. The van der Waals surface area contributed by atoms with Gasteiger partial charge in [-0.1, -0.05) is 31.9 Å². The minimum atomic E-state index is -0.314. The van der Waals surface area contributed by atoms with Crippen LogP contribution in [0.1, 0.15) is 13.8 Å². The lowest BCUT2D eigenvalue weighted by molar-refractivity contribution is -0.137. The van der Waals surface area contributed by atoms with Gasteiger partial charge < -0.3 is 4.74 Å². The lowest BCUT2D eigenvalue weighted by atomic mass is 10.4. The standard InChI is InChI=1S/C7H10Br2O2/c1-3-11-7(10)4-6(9)5(2)8/h4-5H,3H2,1-2H3. The van der Waals surface area contributed by atoms with Crippen molar-refractivity contribution in [2.45, 2.75) is 18.7 Å². The molecule has 0 fully saturated rings. The van der Waals surface area contributed by atoms with E-state index in [2.05, 4.69) is 31.9 Å². The van der Waals surface area contributed by atoms with Crippen LogP contribution in [0.4, 0.5) is 0 Å². The van der Waals surface area contributed by atoms with Crippen molar-refractivity contribution >= 4 is 37.8 Å². The molecule has 0 spiro atoms. The van der Waals surface area contributed by atoms with E-state index in [0.717, 1.165) is 4.48 Å². The Balaban J connectivity index is 3.97. The molecule has 0 aliphatic carbocycles. The van der Waals surface area contributed by atoms with Crippen LogP contribution < -0.4 is 0 Å². The molecule has 1 unspecified atom stereocenters. The topological polar surface area (TPSA) is 26.3 Å². The largest absolute Gasteiger partial charge is 0.463 e. The average Bonchev–Trinajstić information content (AvgIpc) is 1.87. The number of ether oxygens (including phenoxy) is 1. The predicted octanol–water partition coefficient (Wildman–Crippen LogP) is 2.61. The lowest BCUT2D eigenvalue weighted by Crippen LogP contribution is -2.01. The molecule has 0 aromatic heterocycles. The summed E-state index contributed by atoms with van der Waals surface area (Å²) in [6.07, 6.45) is 1.42. The second kappa shape index (κ2) is 5.77. The smallest absolute Gasteiger partial charge is 0.331 e. The Bertz CT molecular complexity index is 164. The highest BCUT2D eigenvalue weighted by Crippen LogP contribution is 2.17. The number of allylic oxidation sites excluding steroid dienone is 1. The quantitative estimate of drug-likeness (QED) is 0.453. The molecule has 1 atom stereocenters. The van der Waals surface area contributed by atoms with Gasteiger partial charge in [-0.15, -0.1) is 0 Å². The van der Waals surface area contributed by atoms with Gasteiger partial charge in [-0.25, -0.2) is 4.79 Å². The number of carbonyl (C=O) groups excluding carboxylic acids is 1. The summed E-state index contributed by atoms with van der Waals surface area (Å²) in [6.45, 7) is 4.10. The first kappa shape index (κ1) is 11.2. The summed E-state index contributed by atoms with van der Waals surface area (Å²) in [6, 6.07) is 0. The summed E-state index contributed by atoms with van der Waals surface area (Å²) in [4.78, 5) is 11.0. The summed E-state index contributed by atoms with van der Waals surface area (Å²) < 4.78 is 5.48. The van der Waals surface area contributed by atoms with Gasteiger partial charge in [0.1, 0.15) is 0 Å². The van der Waals surface area contributed by atoms with Crippen LogP contribution >= 0.6 is 31.9 Å². The molecular weight excluding hydrogens is 276 g/mol. The van der Waals surface area contributed by atoms with Crippen molar-refractivity contribution in [1.82, 2.24) is 0 Å². The number of carbonyl (C=O) groups is 1. The summed E-state index contributed by atoms with van der Waals surface area (Å²) >= 11 is 6.52. The fourth-order valence-corrected chi connectivity index (χ4v) is 0.730. The van der Waals surface area contributed by atoms with Crippen LogP contribution in [0.15, 0.2) is 10.6 Å². The van der Waals surface area contributed by atoms with Crippen molar-refractivity contribution in [2.24, 2.45) is 0 Å². The van der Waals surface area contributed by atoms with E-state index in [-0.39, 0.29) is 10.8 Å². The van der Waals surface area contributed by atoms with Crippen LogP contribution in [-0.4, -0.2) is 17.4 Å². The molecule has 2 nitrogen and oxygen atoms in total. The van der Waals surface area contributed by atoms with Gasteiger partial charge in [0.05, 0.1) is 6.61 Å². The maximum Gasteiger partial charge on any atom is 0.331 e. The van der Waals surface area contributed by atoms with Crippen LogP contribution in [0.2, 0.25) is 0 Å². The molecule has 0 aliphatic rings. The van der Waals surface area contributed by atoms with Crippen LogP contribution in [0.25, 0.3) is 0 Å². The Hall–Kier alpha value is 0.170. The third-order valence-corrected chi connectivity index (χ3v) is 2.95. The van der Waals surface area contributed by atoms with Crippen molar-refractivity contribution in [3.05, 3.63) is 10.6 Å². The molecule has 4 heteroatoms. The molecule has 64 valence electrons. The Morgan fingerprint density at radius 1 is 1.73 bits per heavy atom. The van der Waals surface area contributed by atoms with Crippen molar-refractivity contribution in [1.29, 1.82) is 0 Å². The highest BCUT2D eigenvalue weighted by Gasteiger charge is 2.03. The monoisotopic (exact) mass is 284 g/mol. The van der Waals surface area contributed by atoms with Crippen LogP contribution in [0.3, 0.4) is 0 Å². The third kappa shape index (κ3) is 5.44. The number of esters is 1. The highest BCUT2D eigenvalue weighted by molar-refractivity contribution is 9.14. The first-order valence-corrected chi connectivity index (χ1v) is 4.96. The normalized spacial score (nSPS) is 14.4. The molecule has 0 N–H and O–H groups in total. The average molecular weight is 286 g/mol. The molecule has 11 heavy (non-hydrogen) atoms. The van der Waals surface area contributed by atoms with Crippen molar-refractivity contribution in [2.75, 3.05) is 6.61 Å².